The molecule has 0 aliphatic heterocycles. The summed E-state index contributed by atoms with van der Waals surface area (Å²) in [7, 11) is 1.27. The number of carbonyl (C=O) groups excluding carboxylic acids is 3. The summed E-state index contributed by atoms with van der Waals surface area (Å²) < 4.78 is 4.37. The van der Waals surface area contributed by atoms with Gasteiger partial charge in [0.1, 0.15) is 6.29 Å². The van der Waals surface area contributed by atoms with Gasteiger partial charge < -0.3 is 4.74 Å². The molecular weight excluding hydrogens is 184 g/mol. The van der Waals surface area contributed by atoms with Gasteiger partial charge in [-0.3, -0.25) is 14.4 Å². The maximum absolute atomic E-state index is 11.0. The number of hydrogen-bond donors (Lipinski definition) is 0. The maximum atomic E-state index is 11.0. The van der Waals surface area contributed by atoms with Crippen LogP contribution < -0.4 is 0 Å². The summed E-state index contributed by atoms with van der Waals surface area (Å²) in [6.07, 6.45) is 6.29. The van der Waals surface area contributed by atoms with E-state index in [4.69, 9.17) is 0 Å². The zero-order valence-electron chi connectivity index (χ0n) is 7.93. The van der Waals surface area contributed by atoms with Crippen LogP contribution in [0.3, 0.4) is 0 Å². The molecule has 0 heterocycles. The number of esters is 1. The molecule has 0 aliphatic rings. The van der Waals surface area contributed by atoms with Gasteiger partial charge in [0.05, 0.1) is 13.5 Å². The second kappa shape index (κ2) is 7.91. The second-order valence-electron chi connectivity index (χ2n) is 2.42. The number of carbonyl (C=O) groups is 3. The smallest absolute Gasteiger partial charge is 0.305 e. The number of ether oxygens (including phenoxy) is 1. The van der Waals surface area contributed by atoms with Crippen molar-refractivity contribution in [3.05, 3.63) is 24.3 Å². The fourth-order valence-electron chi connectivity index (χ4n) is 0.683. The van der Waals surface area contributed by atoms with Crippen LogP contribution in [0.5, 0.6) is 0 Å². The summed E-state index contributed by atoms with van der Waals surface area (Å²) >= 11 is 0. The Bertz CT molecular complexity index is 263. The molecule has 0 bridgehead atoms. The van der Waals surface area contributed by atoms with Crippen molar-refractivity contribution in [1.82, 2.24) is 0 Å². The van der Waals surface area contributed by atoms with Gasteiger partial charge in [-0.25, -0.2) is 0 Å². The van der Waals surface area contributed by atoms with E-state index in [1.807, 2.05) is 0 Å². The van der Waals surface area contributed by atoms with Crippen molar-refractivity contribution < 1.29 is 19.1 Å². The predicted molar refractivity (Wildman–Crippen MR) is 50.6 cm³/mol. The van der Waals surface area contributed by atoms with E-state index in [0.29, 0.717) is 6.29 Å². The fourth-order valence-corrected chi connectivity index (χ4v) is 0.683. The average Bonchev–Trinajstić information content (AvgIpc) is 2.21. The number of rotatable bonds is 6. The Hall–Kier alpha value is -1.71. The molecule has 0 fully saturated rings. The minimum Gasteiger partial charge on any atom is -0.469 e. The summed E-state index contributed by atoms with van der Waals surface area (Å²) in [6.45, 7) is 0. The number of methoxy groups -OCH3 is 1. The van der Waals surface area contributed by atoms with E-state index < -0.39 is 5.97 Å². The van der Waals surface area contributed by atoms with Crippen LogP contribution in [-0.2, 0) is 19.1 Å². The average molecular weight is 196 g/mol. The van der Waals surface area contributed by atoms with Gasteiger partial charge in [0.2, 0.25) is 0 Å². The molecule has 4 heteroatoms. The van der Waals surface area contributed by atoms with Gasteiger partial charge in [-0.05, 0) is 12.2 Å². The molecule has 0 aromatic carbocycles. The lowest BCUT2D eigenvalue weighted by atomic mass is 10.2. The van der Waals surface area contributed by atoms with Crippen molar-refractivity contribution in [3.8, 4) is 0 Å². The number of hydrogen-bond acceptors (Lipinski definition) is 4. The monoisotopic (exact) mass is 196 g/mol. The third-order valence-electron chi connectivity index (χ3n) is 1.39. The lowest BCUT2D eigenvalue weighted by molar-refractivity contribution is -0.141. The molecule has 0 rings (SSSR count). The standard InChI is InChI=1S/C10H12O4/c1-14-10(13)7-6-9(12)5-3-2-4-8-11/h2-5,8H,6-7H2,1H3/b4-2+,5-3+. The molecule has 76 valence electrons. The molecule has 4 nitrogen and oxygen atoms in total. The fraction of sp³-hybridized carbons (Fsp3) is 0.300. The third-order valence-corrected chi connectivity index (χ3v) is 1.39. The summed E-state index contributed by atoms with van der Waals surface area (Å²) in [5, 5.41) is 0. The van der Waals surface area contributed by atoms with Crippen molar-refractivity contribution in [3.63, 3.8) is 0 Å². The van der Waals surface area contributed by atoms with E-state index in [-0.39, 0.29) is 18.6 Å². The van der Waals surface area contributed by atoms with Crippen molar-refractivity contribution in [1.29, 1.82) is 0 Å². The van der Waals surface area contributed by atoms with Gasteiger partial charge in [0.25, 0.3) is 0 Å². The lowest BCUT2D eigenvalue weighted by Gasteiger charge is -1.94. The molecule has 14 heavy (non-hydrogen) atoms. The second-order valence-corrected chi connectivity index (χ2v) is 2.42. The number of aldehydes is 1. The molecule has 0 saturated carbocycles. The van der Waals surface area contributed by atoms with E-state index >= 15 is 0 Å². The molecule has 0 N–H and O–H groups in total. The molecule has 0 aromatic heterocycles. The zero-order valence-corrected chi connectivity index (χ0v) is 7.93. The Morgan fingerprint density at radius 2 is 1.86 bits per heavy atom. The normalized spacial score (nSPS) is 10.6. The van der Waals surface area contributed by atoms with Crippen LogP contribution in [0, 0.1) is 0 Å². The van der Waals surface area contributed by atoms with Crippen molar-refractivity contribution in [2.45, 2.75) is 12.8 Å². The lowest BCUT2D eigenvalue weighted by Crippen LogP contribution is -2.03. The summed E-state index contributed by atoms with van der Waals surface area (Å²) in [6, 6.07) is 0. The number of allylic oxidation sites excluding steroid dienone is 4. The van der Waals surface area contributed by atoms with E-state index in [1.165, 1.54) is 31.4 Å². The van der Waals surface area contributed by atoms with Crippen molar-refractivity contribution in [2.75, 3.05) is 7.11 Å². The highest BCUT2D eigenvalue weighted by Crippen LogP contribution is 1.94. The van der Waals surface area contributed by atoms with Gasteiger partial charge in [-0.15, -0.1) is 0 Å². The van der Waals surface area contributed by atoms with Gasteiger partial charge in [-0.1, -0.05) is 12.2 Å². The Morgan fingerprint density at radius 1 is 1.14 bits per heavy atom. The summed E-state index contributed by atoms with van der Waals surface area (Å²) in [5.41, 5.74) is 0. The first-order valence-corrected chi connectivity index (χ1v) is 4.09. The van der Waals surface area contributed by atoms with Gasteiger partial charge >= 0.3 is 5.97 Å². The largest absolute Gasteiger partial charge is 0.469 e. The topological polar surface area (TPSA) is 60.4 Å². The van der Waals surface area contributed by atoms with Gasteiger partial charge in [0, 0.05) is 6.42 Å². The van der Waals surface area contributed by atoms with E-state index in [0.717, 1.165) is 0 Å². The maximum Gasteiger partial charge on any atom is 0.305 e. The Balaban J connectivity index is 3.75. The molecule has 0 unspecified atom stereocenters. The zero-order chi connectivity index (χ0) is 10.8. The summed E-state index contributed by atoms with van der Waals surface area (Å²) in [4.78, 5) is 31.5. The Morgan fingerprint density at radius 3 is 2.43 bits per heavy atom. The summed E-state index contributed by atoms with van der Waals surface area (Å²) in [5.74, 6) is -0.582. The van der Waals surface area contributed by atoms with E-state index in [1.54, 1.807) is 0 Å². The minimum absolute atomic E-state index is 0.0804. The van der Waals surface area contributed by atoms with Crippen LogP contribution in [0.4, 0.5) is 0 Å². The molecular formula is C10H12O4. The molecule has 0 radical (unpaired) electrons. The molecule has 0 saturated heterocycles. The first-order chi connectivity index (χ1) is 6.70. The molecule has 0 atom stereocenters. The van der Waals surface area contributed by atoms with Crippen LogP contribution in [0.25, 0.3) is 0 Å². The number of ketones is 1. The first kappa shape index (κ1) is 12.3. The van der Waals surface area contributed by atoms with Gasteiger partial charge in [0.15, 0.2) is 5.78 Å². The van der Waals surface area contributed by atoms with E-state index in [9.17, 15) is 14.4 Å². The molecule has 0 amide bonds. The van der Waals surface area contributed by atoms with Crippen LogP contribution in [0.2, 0.25) is 0 Å². The van der Waals surface area contributed by atoms with Crippen LogP contribution in [0.1, 0.15) is 12.8 Å². The molecule has 0 aromatic rings. The molecule has 0 spiro atoms. The third kappa shape index (κ3) is 6.97. The molecule has 0 aliphatic carbocycles. The highest BCUT2D eigenvalue weighted by molar-refractivity contribution is 5.92. The van der Waals surface area contributed by atoms with Crippen LogP contribution in [-0.4, -0.2) is 25.1 Å². The van der Waals surface area contributed by atoms with Crippen LogP contribution in [0.15, 0.2) is 24.3 Å². The Kier molecular flexibility index (Phi) is 6.95. The highest BCUT2D eigenvalue weighted by Gasteiger charge is 2.02. The van der Waals surface area contributed by atoms with Crippen molar-refractivity contribution in [2.24, 2.45) is 0 Å². The first-order valence-electron chi connectivity index (χ1n) is 4.09. The minimum atomic E-state index is -0.407. The van der Waals surface area contributed by atoms with Gasteiger partial charge in [-0.2, -0.15) is 0 Å². The Labute approximate surface area is 82.2 Å². The van der Waals surface area contributed by atoms with E-state index in [2.05, 4.69) is 4.74 Å². The predicted octanol–water partition coefficient (Wildman–Crippen LogP) is 0.820. The van der Waals surface area contributed by atoms with Crippen molar-refractivity contribution >= 4 is 18.0 Å². The quantitative estimate of drug-likeness (QED) is 0.273. The highest BCUT2D eigenvalue weighted by atomic mass is 16.5. The van der Waals surface area contributed by atoms with Crippen LogP contribution >= 0.6 is 0 Å². The SMILES string of the molecule is COC(=O)CCC(=O)/C=C/C=C/C=O.